The van der Waals surface area contributed by atoms with Crippen LogP contribution in [0, 0.1) is 0 Å². The Morgan fingerprint density at radius 3 is 2.37 bits per heavy atom. The molecule has 4 nitrogen and oxygen atoms in total. The van der Waals surface area contributed by atoms with E-state index in [1.165, 1.54) is 11.8 Å². The van der Waals surface area contributed by atoms with Crippen LogP contribution < -0.4 is 10.6 Å². The number of hydrogen-bond acceptors (Lipinski definition) is 3. The van der Waals surface area contributed by atoms with E-state index in [4.69, 9.17) is 11.6 Å². The highest BCUT2D eigenvalue weighted by atomic mass is 35.5. The van der Waals surface area contributed by atoms with Gasteiger partial charge in [-0.3, -0.25) is 9.59 Å². The van der Waals surface area contributed by atoms with Crippen molar-refractivity contribution in [3.8, 4) is 0 Å². The lowest BCUT2D eigenvalue weighted by molar-refractivity contribution is -0.113. The lowest BCUT2D eigenvalue weighted by Gasteiger charge is -2.16. The Morgan fingerprint density at radius 2 is 1.60 bits per heavy atom. The molecule has 6 heteroatoms. The largest absolute Gasteiger partial charge is 0.345 e. The van der Waals surface area contributed by atoms with Crippen LogP contribution in [0.15, 0.2) is 78.9 Å². The lowest BCUT2D eigenvalue weighted by atomic mass is 10.1. The maximum absolute atomic E-state index is 12.8. The van der Waals surface area contributed by atoms with Crippen LogP contribution in [-0.2, 0) is 10.5 Å². The molecule has 0 saturated carbocycles. The SMILES string of the molecule is CC(NC(=O)c1ccccc1NC(=O)CSCc1ccccc1Cl)c1ccccc1. The van der Waals surface area contributed by atoms with E-state index < -0.39 is 0 Å². The molecule has 1 atom stereocenters. The first kappa shape index (κ1) is 21.9. The van der Waals surface area contributed by atoms with Crippen molar-refractivity contribution in [3.05, 3.63) is 101 Å². The highest BCUT2D eigenvalue weighted by Gasteiger charge is 2.16. The first-order valence-corrected chi connectivity index (χ1v) is 11.1. The monoisotopic (exact) mass is 438 g/mol. The molecule has 2 amide bonds. The maximum atomic E-state index is 12.8. The van der Waals surface area contributed by atoms with Crippen LogP contribution >= 0.6 is 23.4 Å². The van der Waals surface area contributed by atoms with Crippen LogP contribution in [-0.4, -0.2) is 17.6 Å². The van der Waals surface area contributed by atoms with E-state index in [1.54, 1.807) is 24.3 Å². The quantitative estimate of drug-likeness (QED) is 0.474. The molecular weight excluding hydrogens is 416 g/mol. The lowest BCUT2D eigenvalue weighted by Crippen LogP contribution is -2.28. The molecule has 0 spiro atoms. The Morgan fingerprint density at radius 1 is 0.933 bits per heavy atom. The Hall–Kier alpha value is -2.76. The topological polar surface area (TPSA) is 58.2 Å². The summed E-state index contributed by atoms with van der Waals surface area (Å²) in [5.41, 5.74) is 2.94. The van der Waals surface area contributed by atoms with Crippen LogP contribution in [0.1, 0.15) is 34.5 Å². The van der Waals surface area contributed by atoms with Crippen molar-refractivity contribution in [2.45, 2.75) is 18.7 Å². The van der Waals surface area contributed by atoms with Gasteiger partial charge in [0, 0.05) is 10.8 Å². The van der Waals surface area contributed by atoms with Gasteiger partial charge in [0.15, 0.2) is 0 Å². The summed E-state index contributed by atoms with van der Waals surface area (Å²) in [7, 11) is 0. The van der Waals surface area contributed by atoms with E-state index >= 15 is 0 Å². The highest BCUT2D eigenvalue weighted by molar-refractivity contribution is 7.99. The zero-order valence-corrected chi connectivity index (χ0v) is 18.2. The number of benzene rings is 3. The first-order chi connectivity index (χ1) is 14.5. The van der Waals surface area contributed by atoms with E-state index in [0.29, 0.717) is 22.0 Å². The van der Waals surface area contributed by atoms with Gasteiger partial charge in [0.05, 0.1) is 23.0 Å². The maximum Gasteiger partial charge on any atom is 0.253 e. The molecule has 0 radical (unpaired) electrons. The zero-order valence-electron chi connectivity index (χ0n) is 16.6. The molecule has 0 fully saturated rings. The van der Waals surface area contributed by atoms with Crippen molar-refractivity contribution in [1.29, 1.82) is 0 Å². The number of carbonyl (C=O) groups excluding carboxylic acids is 2. The van der Waals surface area contributed by atoms with Crippen LogP contribution in [0.25, 0.3) is 0 Å². The predicted molar refractivity (Wildman–Crippen MR) is 125 cm³/mol. The summed E-state index contributed by atoms with van der Waals surface area (Å²) in [6.45, 7) is 1.93. The van der Waals surface area contributed by atoms with Gasteiger partial charge < -0.3 is 10.6 Å². The minimum atomic E-state index is -0.231. The van der Waals surface area contributed by atoms with E-state index in [2.05, 4.69) is 10.6 Å². The molecule has 1 unspecified atom stereocenters. The molecule has 3 aromatic rings. The normalized spacial score (nSPS) is 11.5. The van der Waals surface area contributed by atoms with E-state index in [1.807, 2.05) is 61.5 Å². The molecule has 3 rings (SSSR count). The van der Waals surface area contributed by atoms with Gasteiger partial charge in [0.2, 0.25) is 5.91 Å². The number of carbonyl (C=O) groups is 2. The van der Waals surface area contributed by atoms with Crippen LogP contribution in [0.3, 0.4) is 0 Å². The number of hydrogen-bond donors (Lipinski definition) is 2. The average Bonchev–Trinajstić information content (AvgIpc) is 2.76. The van der Waals surface area contributed by atoms with Gasteiger partial charge in [-0.2, -0.15) is 0 Å². The minimum Gasteiger partial charge on any atom is -0.345 e. The molecule has 0 aliphatic heterocycles. The second-order valence-electron chi connectivity index (χ2n) is 6.78. The van der Waals surface area contributed by atoms with Crippen molar-refractivity contribution in [2.75, 3.05) is 11.1 Å². The summed E-state index contributed by atoms with van der Waals surface area (Å²) >= 11 is 7.63. The molecule has 0 aliphatic rings. The second kappa shape index (κ2) is 10.9. The van der Waals surface area contributed by atoms with E-state index in [9.17, 15) is 9.59 Å². The predicted octanol–water partition coefficient (Wildman–Crippen LogP) is 5.70. The smallest absolute Gasteiger partial charge is 0.253 e. The molecule has 0 aliphatic carbocycles. The zero-order chi connectivity index (χ0) is 21.3. The summed E-state index contributed by atoms with van der Waals surface area (Å²) in [5.74, 6) is 0.514. The summed E-state index contributed by atoms with van der Waals surface area (Å²) in [6.07, 6.45) is 0. The fourth-order valence-corrected chi connectivity index (χ4v) is 4.06. The fourth-order valence-electron chi connectivity index (χ4n) is 2.94. The van der Waals surface area contributed by atoms with Crippen LogP contribution in [0.4, 0.5) is 5.69 Å². The summed E-state index contributed by atoms with van der Waals surface area (Å²) in [4.78, 5) is 25.2. The third kappa shape index (κ3) is 6.12. The van der Waals surface area contributed by atoms with Crippen molar-refractivity contribution < 1.29 is 9.59 Å². The van der Waals surface area contributed by atoms with Gasteiger partial charge in [-0.25, -0.2) is 0 Å². The molecule has 30 heavy (non-hydrogen) atoms. The minimum absolute atomic E-state index is 0.145. The Bertz CT molecular complexity index is 1010. The van der Waals surface area contributed by atoms with Gasteiger partial charge in [-0.05, 0) is 36.2 Å². The van der Waals surface area contributed by atoms with E-state index in [-0.39, 0.29) is 23.6 Å². The number of rotatable bonds is 8. The third-order valence-corrected chi connectivity index (χ3v) is 5.89. The summed E-state index contributed by atoms with van der Waals surface area (Å²) < 4.78 is 0. The molecule has 154 valence electrons. The van der Waals surface area contributed by atoms with Gasteiger partial charge in [0.25, 0.3) is 5.91 Å². The van der Waals surface area contributed by atoms with Crippen molar-refractivity contribution in [1.82, 2.24) is 5.32 Å². The number of amides is 2. The number of anilines is 1. The molecule has 0 saturated heterocycles. The highest BCUT2D eigenvalue weighted by Crippen LogP contribution is 2.22. The van der Waals surface area contributed by atoms with Crippen molar-refractivity contribution in [2.24, 2.45) is 0 Å². The number of thioether (sulfide) groups is 1. The van der Waals surface area contributed by atoms with Gasteiger partial charge in [-0.15, -0.1) is 11.8 Å². The van der Waals surface area contributed by atoms with Crippen LogP contribution in [0.2, 0.25) is 5.02 Å². The Balaban J connectivity index is 1.58. The van der Waals surface area contributed by atoms with Crippen molar-refractivity contribution >= 4 is 40.9 Å². The van der Waals surface area contributed by atoms with E-state index in [0.717, 1.165) is 11.1 Å². The van der Waals surface area contributed by atoms with Gasteiger partial charge in [-0.1, -0.05) is 72.3 Å². The first-order valence-electron chi connectivity index (χ1n) is 9.60. The number of para-hydroxylation sites is 1. The number of halogens is 1. The summed E-state index contributed by atoms with van der Waals surface area (Å²) in [6, 6.07) is 24.2. The van der Waals surface area contributed by atoms with Gasteiger partial charge >= 0.3 is 0 Å². The molecule has 0 heterocycles. The molecule has 2 N–H and O–H groups in total. The Labute approximate surface area is 186 Å². The fraction of sp³-hybridized carbons (Fsp3) is 0.167. The summed E-state index contributed by atoms with van der Waals surface area (Å²) in [5, 5.41) is 6.53. The second-order valence-corrected chi connectivity index (χ2v) is 8.18. The van der Waals surface area contributed by atoms with Crippen molar-refractivity contribution in [3.63, 3.8) is 0 Å². The van der Waals surface area contributed by atoms with Crippen LogP contribution in [0.5, 0.6) is 0 Å². The average molecular weight is 439 g/mol. The Kier molecular flexibility index (Phi) is 7.94. The molecule has 3 aromatic carbocycles. The number of nitrogens with one attached hydrogen (secondary N) is 2. The molecule has 0 aromatic heterocycles. The standard InChI is InChI=1S/C24H23ClN2O2S/c1-17(18-9-3-2-4-10-18)26-24(29)20-12-6-8-14-22(20)27-23(28)16-30-15-19-11-5-7-13-21(19)25/h2-14,17H,15-16H2,1H3,(H,26,29)(H,27,28). The molecule has 0 bridgehead atoms. The third-order valence-electron chi connectivity index (χ3n) is 4.54. The molecular formula is C24H23ClN2O2S. The van der Waals surface area contributed by atoms with Gasteiger partial charge in [0.1, 0.15) is 0 Å².